The SMILES string of the molecule is CC(C)(C)COC(=O)C12CC3CC(C1)C1(OCC(CCC(=O)C45CC6CC(CC(O)(C6)C4)C5)(COC(=O)C45CC6CC(CC(O)(C6)C4)C5)CO1)C(C3)C2. The molecule has 12 aliphatic carbocycles. The van der Waals surface area contributed by atoms with Crippen molar-refractivity contribution in [2.75, 3.05) is 26.4 Å². The molecule has 12 bridgehead atoms. The Hall–Kier alpha value is -1.55. The van der Waals surface area contributed by atoms with Gasteiger partial charge < -0.3 is 29.2 Å². The third-order valence-electron chi connectivity index (χ3n) is 17.1. The van der Waals surface area contributed by atoms with E-state index in [1.165, 1.54) is 0 Å². The predicted molar refractivity (Wildman–Crippen MR) is 193 cm³/mol. The van der Waals surface area contributed by atoms with Crippen LogP contribution in [0.5, 0.6) is 0 Å². The third-order valence-corrected chi connectivity index (χ3v) is 17.1. The van der Waals surface area contributed by atoms with Crippen LogP contribution < -0.4 is 0 Å². The van der Waals surface area contributed by atoms with E-state index in [-0.39, 0.29) is 41.6 Å². The summed E-state index contributed by atoms with van der Waals surface area (Å²) in [5.41, 5.74) is -3.76. The van der Waals surface area contributed by atoms with Crippen molar-refractivity contribution in [3.8, 4) is 0 Å². The highest BCUT2D eigenvalue weighted by Gasteiger charge is 2.69. The second-order valence-corrected chi connectivity index (χ2v) is 23.0. The van der Waals surface area contributed by atoms with Crippen molar-refractivity contribution in [2.24, 2.45) is 68.5 Å². The van der Waals surface area contributed by atoms with Gasteiger partial charge in [-0.3, -0.25) is 14.4 Å². The minimum Gasteiger partial charge on any atom is -0.465 e. The van der Waals surface area contributed by atoms with Gasteiger partial charge in [0.15, 0.2) is 5.79 Å². The van der Waals surface area contributed by atoms with E-state index in [0.717, 1.165) is 83.5 Å². The molecule has 2 N–H and O–H groups in total. The molecule has 0 aromatic heterocycles. The number of carbonyl (C=O) groups excluding carboxylic acids is 3. The number of ketones is 1. The van der Waals surface area contributed by atoms with Crippen molar-refractivity contribution < 1.29 is 43.5 Å². The monoisotopic (exact) mass is 736 g/mol. The molecule has 0 aromatic carbocycles. The van der Waals surface area contributed by atoms with E-state index in [4.69, 9.17) is 18.9 Å². The molecule has 0 aromatic rings. The van der Waals surface area contributed by atoms with Crippen LogP contribution in [0.2, 0.25) is 0 Å². The molecule has 13 rings (SSSR count). The van der Waals surface area contributed by atoms with Gasteiger partial charge in [0.1, 0.15) is 12.4 Å². The van der Waals surface area contributed by atoms with Gasteiger partial charge >= 0.3 is 11.9 Å². The Bertz CT molecular complexity index is 1440. The number of carbonyl (C=O) groups is 3. The molecule has 1 saturated heterocycles. The van der Waals surface area contributed by atoms with Crippen LogP contribution in [0.15, 0.2) is 0 Å². The zero-order valence-corrected chi connectivity index (χ0v) is 32.6. The summed E-state index contributed by atoms with van der Waals surface area (Å²) >= 11 is 0. The van der Waals surface area contributed by atoms with Crippen molar-refractivity contribution in [1.29, 1.82) is 0 Å². The maximum Gasteiger partial charge on any atom is 0.312 e. The largest absolute Gasteiger partial charge is 0.465 e. The van der Waals surface area contributed by atoms with Gasteiger partial charge in [-0.2, -0.15) is 0 Å². The number of hydrogen-bond acceptors (Lipinski definition) is 9. The van der Waals surface area contributed by atoms with Gasteiger partial charge in [0.25, 0.3) is 0 Å². The van der Waals surface area contributed by atoms with Gasteiger partial charge in [-0.1, -0.05) is 20.8 Å². The molecule has 9 heteroatoms. The van der Waals surface area contributed by atoms with Crippen LogP contribution in [0.1, 0.15) is 143 Å². The average Bonchev–Trinajstić information content (AvgIpc) is 3.05. The summed E-state index contributed by atoms with van der Waals surface area (Å²) < 4.78 is 26.4. The highest BCUT2D eigenvalue weighted by atomic mass is 16.7. The highest BCUT2D eigenvalue weighted by molar-refractivity contribution is 5.85. The van der Waals surface area contributed by atoms with Gasteiger partial charge in [-0.05, 0) is 151 Å². The number of Topliss-reactive ketones (excluding diaryl/α,β-unsaturated/α-hetero) is 1. The lowest BCUT2D eigenvalue weighted by Crippen LogP contribution is -2.68. The fraction of sp³-hybridized carbons (Fsp3) is 0.932. The topological polar surface area (TPSA) is 129 Å². The van der Waals surface area contributed by atoms with Gasteiger partial charge in [-0.25, -0.2) is 0 Å². The first-order chi connectivity index (χ1) is 24.9. The van der Waals surface area contributed by atoms with E-state index in [9.17, 15) is 24.6 Å². The minimum atomic E-state index is -0.769. The molecule has 53 heavy (non-hydrogen) atoms. The maximum absolute atomic E-state index is 14.4. The zero-order chi connectivity index (χ0) is 36.9. The Morgan fingerprint density at radius 2 is 1.11 bits per heavy atom. The fourth-order valence-corrected chi connectivity index (χ4v) is 16.0. The quantitative estimate of drug-likeness (QED) is 0.249. The molecule has 1 aliphatic heterocycles. The molecule has 1 spiro atoms. The summed E-state index contributed by atoms with van der Waals surface area (Å²) in [5.74, 6) is 1.51. The Morgan fingerprint density at radius 1 is 0.623 bits per heavy atom. The molecule has 1 heterocycles. The Balaban J connectivity index is 0.871. The summed E-state index contributed by atoms with van der Waals surface area (Å²) in [5, 5.41) is 22.8. The van der Waals surface area contributed by atoms with Crippen LogP contribution >= 0.6 is 0 Å². The maximum atomic E-state index is 14.4. The zero-order valence-electron chi connectivity index (χ0n) is 32.6. The first-order valence-electron chi connectivity index (χ1n) is 21.5. The van der Waals surface area contributed by atoms with Crippen molar-refractivity contribution in [1.82, 2.24) is 0 Å². The van der Waals surface area contributed by atoms with E-state index in [0.29, 0.717) is 87.9 Å². The van der Waals surface area contributed by atoms with Crippen LogP contribution in [-0.2, 0) is 33.3 Å². The minimum absolute atomic E-state index is 0.0547. The molecule has 0 radical (unpaired) electrons. The molecule has 9 nitrogen and oxygen atoms in total. The fourth-order valence-electron chi connectivity index (χ4n) is 16.0. The number of aliphatic hydroxyl groups is 2. The summed E-state index contributed by atoms with van der Waals surface area (Å²) in [6, 6.07) is 0. The second kappa shape index (κ2) is 11.5. The normalized spacial score (nSPS) is 52.7. The van der Waals surface area contributed by atoms with Crippen LogP contribution in [0.25, 0.3) is 0 Å². The summed E-state index contributed by atoms with van der Waals surface area (Å²) in [7, 11) is 0. The number of ether oxygens (including phenoxy) is 4. The van der Waals surface area contributed by atoms with Crippen LogP contribution in [0, 0.1) is 68.5 Å². The summed E-state index contributed by atoms with van der Waals surface area (Å²) in [4.78, 5) is 42.2. The van der Waals surface area contributed by atoms with Gasteiger partial charge in [0.2, 0.25) is 0 Å². The van der Waals surface area contributed by atoms with Crippen molar-refractivity contribution >= 4 is 17.7 Å². The van der Waals surface area contributed by atoms with E-state index in [1.807, 2.05) is 0 Å². The Labute approximate surface area is 315 Å². The van der Waals surface area contributed by atoms with Crippen molar-refractivity contribution in [3.05, 3.63) is 0 Å². The van der Waals surface area contributed by atoms with Crippen LogP contribution in [-0.4, -0.2) is 71.4 Å². The first kappa shape index (κ1) is 35.8. The molecule has 12 saturated carbocycles. The summed E-state index contributed by atoms with van der Waals surface area (Å²) in [6.07, 6.45) is 15.1. The number of esters is 2. The smallest absolute Gasteiger partial charge is 0.312 e. The molecule has 6 unspecified atom stereocenters. The van der Waals surface area contributed by atoms with Gasteiger partial charge in [0, 0.05) is 23.7 Å². The van der Waals surface area contributed by atoms with Crippen LogP contribution in [0.4, 0.5) is 0 Å². The van der Waals surface area contributed by atoms with E-state index in [1.54, 1.807) is 0 Å². The summed E-state index contributed by atoms with van der Waals surface area (Å²) in [6.45, 7) is 7.51. The standard InChI is InChI=1S/C44H64O9/c1-37(2,3)23-50-35(46)39-10-27-8-32(19-39)44(33(9-27)20-39)52-25-38(26-53-44,5-4-34(45)40-11-28-6-29(12-40)16-42(48,15-28)21-40)24-51-36(47)41-13-30-7-31(14-41)18-43(49,17-30)22-41/h27-33,48-49H,4-26H2,1-3H3. The van der Waals surface area contributed by atoms with Gasteiger partial charge in [-0.15, -0.1) is 0 Å². The third kappa shape index (κ3) is 5.76. The predicted octanol–water partition coefficient (Wildman–Crippen LogP) is 6.69. The molecule has 0 amide bonds. The van der Waals surface area contributed by atoms with Gasteiger partial charge in [0.05, 0.1) is 47.3 Å². The van der Waals surface area contributed by atoms with Crippen molar-refractivity contribution in [2.45, 2.75) is 160 Å². The number of rotatable bonds is 9. The van der Waals surface area contributed by atoms with E-state index in [2.05, 4.69) is 20.8 Å². The highest BCUT2D eigenvalue weighted by Crippen LogP contribution is 2.67. The molecule has 13 fully saturated rings. The lowest BCUT2D eigenvalue weighted by molar-refractivity contribution is -0.389. The second-order valence-electron chi connectivity index (χ2n) is 23.0. The molecule has 13 aliphatic rings. The average molecular weight is 737 g/mol. The Kier molecular flexibility index (Phi) is 7.79. The Morgan fingerprint density at radius 3 is 1.64 bits per heavy atom. The van der Waals surface area contributed by atoms with Crippen molar-refractivity contribution in [3.63, 3.8) is 0 Å². The first-order valence-corrected chi connectivity index (χ1v) is 21.5. The lowest BCUT2D eigenvalue weighted by atomic mass is 9.46. The molecule has 6 atom stereocenters. The molecule has 294 valence electrons. The molecular formula is C44H64O9. The number of hydrogen-bond donors (Lipinski definition) is 2. The lowest BCUT2D eigenvalue weighted by Gasteiger charge is -2.65. The van der Waals surface area contributed by atoms with Crippen LogP contribution in [0.3, 0.4) is 0 Å². The molecular weight excluding hydrogens is 672 g/mol. The van der Waals surface area contributed by atoms with E-state index >= 15 is 0 Å². The van der Waals surface area contributed by atoms with E-state index < -0.39 is 38.6 Å².